The van der Waals surface area contributed by atoms with Crippen LogP contribution in [0.25, 0.3) is 0 Å². The van der Waals surface area contributed by atoms with E-state index in [4.69, 9.17) is 0 Å². The van der Waals surface area contributed by atoms with Crippen LogP contribution in [0.5, 0.6) is 11.5 Å². The summed E-state index contributed by atoms with van der Waals surface area (Å²) in [6.07, 6.45) is 2.00. The number of nitrogens with zero attached hydrogens (tertiary/aromatic N) is 1. The third kappa shape index (κ3) is 5.29. The summed E-state index contributed by atoms with van der Waals surface area (Å²) >= 11 is 3.89. The predicted octanol–water partition coefficient (Wildman–Crippen LogP) is 2.68. The number of aromatic hydroxyl groups is 2. The van der Waals surface area contributed by atoms with E-state index in [-0.39, 0.29) is 40.7 Å². The van der Waals surface area contributed by atoms with Crippen molar-refractivity contribution in [2.45, 2.75) is 27.8 Å². The van der Waals surface area contributed by atoms with Gasteiger partial charge in [0.05, 0.1) is 27.9 Å². The first-order valence-corrected chi connectivity index (χ1v) is 10.5. The third-order valence-electron chi connectivity index (χ3n) is 3.41. The van der Waals surface area contributed by atoms with E-state index in [0.717, 1.165) is 0 Å². The molecule has 0 aliphatic rings. The lowest BCUT2D eigenvalue weighted by Gasteiger charge is -2.12. The van der Waals surface area contributed by atoms with Gasteiger partial charge in [0, 0.05) is 18.5 Å². The highest BCUT2D eigenvalue weighted by Gasteiger charge is 2.17. The Morgan fingerprint density at radius 3 is 2.69 bits per heavy atom. The summed E-state index contributed by atoms with van der Waals surface area (Å²) in [5.74, 6) is -0.615. The summed E-state index contributed by atoms with van der Waals surface area (Å²) in [5, 5.41) is 27.0. The first-order valence-electron chi connectivity index (χ1n) is 7.56. The molecule has 0 fully saturated rings. The number of thioether (sulfide) groups is 1. The Bertz CT molecular complexity index is 810. The number of amides is 2. The third-order valence-corrected chi connectivity index (χ3v) is 6.36. The van der Waals surface area contributed by atoms with Crippen LogP contribution >= 0.6 is 34.9 Å². The van der Waals surface area contributed by atoms with Crippen LogP contribution in [-0.4, -0.2) is 45.6 Å². The zero-order valence-electron chi connectivity index (χ0n) is 14.4. The average molecular weight is 414 g/mol. The summed E-state index contributed by atoms with van der Waals surface area (Å²) in [6.45, 7) is 1.75. The van der Waals surface area contributed by atoms with E-state index in [9.17, 15) is 19.8 Å². The monoisotopic (exact) mass is 413 g/mol. The molecule has 0 saturated carbocycles. The molecule has 10 heteroatoms. The maximum absolute atomic E-state index is 11.9. The molecule has 1 heterocycles. The first kappa shape index (κ1) is 20.4. The van der Waals surface area contributed by atoms with Crippen molar-refractivity contribution in [3.05, 3.63) is 23.2 Å². The number of anilines is 1. The SMILES string of the molecule is CNC(=O)Cc1csc(Sc2cc(O)c(NC(=O)C(C)SC)cc2O)n1. The van der Waals surface area contributed by atoms with Gasteiger partial charge in [0.2, 0.25) is 11.8 Å². The number of phenols is 2. The van der Waals surface area contributed by atoms with Crippen LogP contribution in [0.2, 0.25) is 0 Å². The number of thiazole rings is 1. The van der Waals surface area contributed by atoms with Gasteiger partial charge in [0.15, 0.2) is 4.34 Å². The van der Waals surface area contributed by atoms with Crippen molar-refractivity contribution < 1.29 is 19.8 Å². The van der Waals surface area contributed by atoms with Crippen LogP contribution in [0.15, 0.2) is 26.7 Å². The Labute approximate surface area is 163 Å². The number of nitrogens with one attached hydrogen (secondary N) is 2. The predicted molar refractivity (Wildman–Crippen MR) is 105 cm³/mol. The molecule has 2 rings (SSSR count). The van der Waals surface area contributed by atoms with Gasteiger partial charge >= 0.3 is 0 Å². The molecule has 2 aromatic rings. The summed E-state index contributed by atoms with van der Waals surface area (Å²) < 4.78 is 0.631. The average Bonchev–Trinajstić information content (AvgIpc) is 3.05. The van der Waals surface area contributed by atoms with Gasteiger partial charge < -0.3 is 20.8 Å². The van der Waals surface area contributed by atoms with Gasteiger partial charge in [-0.05, 0) is 19.2 Å². The molecule has 1 aromatic carbocycles. The fourth-order valence-corrected chi connectivity index (χ4v) is 3.95. The molecule has 0 radical (unpaired) electrons. The Morgan fingerprint density at radius 1 is 1.31 bits per heavy atom. The van der Waals surface area contributed by atoms with Gasteiger partial charge in [-0.1, -0.05) is 11.8 Å². The van der Waals surface area contributed by atoms with Gasteiger partial charge in [0.1, 0.15) is 11.5 Å². The highest BCUT2D eigenvalue weighted by atomic mass is 32.2. The molecule has 0 aliphatic heterocycles. The standard InChI is InChI=1S/C16H19N3O4S3/c1-8(24-3)15(23)19-10-5-12(21)13(6-11(10)20)26-16-18-9(7-25-16)4-14(22)17-2/h5-8,20-21H,4H2,1-3H3,(H,17,22)(H,19,23). The fraction of sp³-hybridized carbons (Fsp3) is 0.312. The van der Waals surface area contributed by atoms with E-state index in [1.165, 1.54) is 47.0 Å². The van der Waals surface area contributed by atoms with Gasteiger partial charge in [-0.15, -0.1) is 11.3 Å². The summed E-state index contributed by atoms with van der Waals surface area (Å²) in [7, 11) is 1.56. The topological polar surface area (TPSA) is 112 Å². The van der Waals surface area contributed by atoms with Gasteiger partial charge in [0.25, 0.3) is 0 Å². The van der Waals surface area contributed by atoms with Crippen molar-refractivity contribution in [2.24, 2.45) is 0 Å². The van der Waals surface area contributed by atoms with Crippen molar-refractivity contribution in [1.29, 1.82) is 0 Å². The van der Waals surface area contributed by atoms with E-state index in [0.29, 0.717) is 14.9 Å². The lowest BCUT2D eigenvalue weighted by molar-refractivity contribution is -0.120. The maximum atomic E-state index is 11.9. The number of carbonyl (C=O) groups is 2. The van der Waals surface area contributed by atoms with Crippen LogP contribution in [0.4, 0.5) is 5.69 Å². The van der Waals surface area contributed by atoms with Crippen molar-refractivity contribution in [2.75, 3.05) is 18.6 Å². The molecule has 0 saturated heterocycles. The number of likely N-dealkylation sites (N-methyl/N-ethyl adjacent to an activating group) is 1. The number of carbonyl (C=O) groups excluding carboxylic acids is 2. The molecule has 7 nitrogen and oxygen atoms in total. The van der Waals surface area contributed by atoms with E-state index in [2.05, 4.69) is 15.6 Å². The summed E-state index contributed by atoms with van der Waals surface area (Å²) in [5.41, 5.74) is 0.785. The number of rotatable bonds is 7. The quantitative estimate of drug-likeness (QED) is 0.408. The highest BCUT2D eigenvalue weighted by Crippen LogP contribution is 2.41. The Kier molecular flexibility index (Phi) is 7.18. The van der Waals surface area contributed by atoms with Crippen LogP contribution in [0, 0.1) is 0 Å². The van der Waals surface area contributed by atoms with Gasteiger partial charge in [-0.25, -0.2) is 4.98 Å². The second-order valence-corrected chi connectivity index (χ2v) is 8.59. The van der Waals surface area contributed by atoms with Gasteiger partial charge in [-0.3, -0.25) is 9.59 Å². The minimum atomic E-state index is -0.278. The van der Waals surface area contributed by atoms with E-state index < -0.39 is 0 Å². The smallest absolute Gasteiger partial charge is 0.237 e. The van der Waals surface area contributed by atoms with Crippen LogP contribution in [-0.2, 0) is 16.0 Å². The van der Waals surface area contributed by atoms with E-state index >= 15 is 0 Å². The van der Waals surface area contributed by atoms with Crippen LogP contribution in [0.3, 0.4) is 0 Å². The van der Waals surface area contributed by atoms with Crippen molar-refractivity contribution in [1.82, 2.24) is 10.3 Å². The van der Waals surface area contributed by atoms with Crippen molar-refractivity contribution in [3.8, 4) is 11.5 Å². The molecule has 1 aromatic heterocycles. The normalized spacial score (nSPS) is 11.8. The van der Waals surface area contributed by atoms with E-state index in [1.54, 1.807) is 19.4 Å². The molecule has 4 N–H and O–H groups in total. The molecule has 1 atom stereocenters. The zero-order valence-corrected chi connectivity index (χ0v) is 16.8. The van der Waals surface area contributed by atoms with E-state index in [1.807, 2.05) is 6.26 Å². The maximum Gasteiger partial charge on any atom is 0.237 e. The molecule has 1 unspecified atom stereocenters. The Balaban J connectivity index is 2.12. The number of benzene rings is 1. The first-order chi connectivity index (χ1) is 12.3. The molecule has 0 spiro atoms. The Morgan fingerprint density at radius 2 is 2.04 bits per heavy atom. The molecule has 140 valence electrons. The molecule has 2 amide bonds. The number of phenolic OH excluding ortho intramolecular Hbond substituents is 2. The fourth-order valence-electron chi connectivity index (χ4n) is 1.84. The summed E-state index contributed by atoms with van der Waals surface area (Å²) in [6, 6.07) is 2.68. The molecule has 0 bridgehead atoms. The number of aromatic nitrogens is 1. The summed E-state index contributed by atoms with van der Waals surface area (Å²) in [4.78, 5) is 28.0. The Hall–Kier alpha value is -1.91. The second kappa shape index (κ2) is 9.15. The molecular formula is C16H19N3O4S3. The molecule has 26 heavy (non-hydrogen) atoms. The highest BCUT2D eigenvalue weighted by molar-refractivity contribution is 8.01. The van der Waals surface area contributed by atoms with Crippen molar-refractivity contribution in [3.63, 3.8) is 0 Å². The minimum absolute atomic E-state index is 0.0806. The molecular weight excluding hydrogens is 394 g/mol. The van der Waals surface area contributed by atoms with Gasteiger partial charge in [-0.2, -0.15) is 11.8 Å². The van der Waals surface area contributed by atoms with Crippen molar-refractivity contribution >= 4 is 52.4 Å². The number of hydrogen-bond acceptors (Lipinski definition) is 8. The second-order valence-electron chi connectivity index (χ2n) is 5.26. The van der Waals surface area contributed by atoms with Crippen LogP contribution in [0.1, 0.15) is 12.6 Å². The number of hydrogen-bond donors (Lipinski definition) is 4. The lowest BCUT2D eigenvalue weighted by atomic mass is 10.2. The molecule has 0 aliphatic carbocycles. The zero-order chi connectivity index (χ0) is 19.3. The van der Waals surface area contributed by atoms with Crippen LogP contribution < -0.4 is 10.6 Å². The lowest BCUT2D eigenvalue weighted by Crippen LogP contribution is -2.22. The minimum Gasteiger partial charge on any atom is -0.507 e. The largest absolute Gasteiger partial charge is 0.507 e.